The van der Waals surface area contributed by atoms with Gasteiger partial charge in [0.15, 0.2) is 7.59 Å². The molecule has 12 heteroatoms. The first kappa shape index (κ1) is 27.1. The van der Waals surface area contributed by atoms with Gasteiger partial charge in [-0.3, -0.25) is 14.4 Å². The monoisotopic (exact) mass is 503 g/mol. The first-order valence-corrected chi connectivity index (χ1v) is 10.2. The number of halogens is 6. The van der Waals surface area contributed by atoms with Gasteiger partial charge >= 0.3 is 0 Å². The maximum atomic E-state index is 12.8. The van der Waals surface area contributed by atoms with Crippen LogP contribution in [-0.4, -0.2) is 49.3 Å². The molecule has 6 nitrogen and oxygen atoms in total. The highest BCUT2D eigenvalue weighted by atomic mass is 35.6. The average Bonchev–Trinajstić information content (AvgIpc) is 2.49. The quantitative estimate of drug-likeness (QED) is 0.494. The minimum absolute atomic E-state index is 0.0129. The third kappa shape index (κ3) is 9.46. The molecule has 0 heterocycles. The van der Waals surface area contributed by atoms with Crippen molar-refractivity contribution >= 4 is 87.3 Å². The van der Waals surface area contributed by atoms with E-state index in [0.717, 1.165) is 4.90 Å². The molecular weight excluding hydrogens is 483 g/mol. The van der Waals surface area contributed by atoms with Gasteiger partial charge < -0.3 is 16.0 Å². The number of primary amides is 1. The Morgan fingerprint density at radius 3 is 1.78 bits per heavy atom. The van der Waals surface area contributed by atoms with Crippen molar-refractivity contribution in [2.45, 2.75) is 53.3 Å². The smallest absolute Gasteiger partial charge is 0.245 e. The maximum Gasteiger partial charge on any atom is 0.245 e. The molecule has 0 aliphatic rings. The summed E-state index contributed by atoms with van der Waals surface area (Å²) in [6.07, 6.45) is -0.128. The molecule has 0 bridgehead atoms. The van der Waals surface area contributed by atoms with Gasteiger partial charge in [0.2, 0.25) is 17.7 Å². The van der Waals surface area contributed by atoms with Crippen LogP contribution >= 0.6 is 69.6 Å². The van der Waals surface area contributed by atoms with Crippen LogP contribution in [0.4, 0.5) is 0 Å². The molecule has 0 saturated heterocycles. The average molecular weight is 506 g/mol. The molecule has 0 aromatic heterocycles. The lowest BCUT2D eigenvalue weighted by atomic mass is 10.0. The number of alkyl halides is 6. The molecule has 0 aliphatic heterocycles. The molecule has 0 radical (unpaired) electrons. The van der Waals surface area contributed by atoms with Crippen LogP contribution in [-0.2, 0) is 14.4 Å². The summed E-state index contributed by atoms with van der Waals surface area (Å²) in [5.74, 6) is -2.97. The first-order valence-electron chi connectivity index (χ1n) is 7.97. The highest BCUT2D eigenvalue weighted by molar-refractivity contribution is 6.68. The van der Waals surface area contributed by atoms with E-state index in [1.807, 2.05) is 0 Å². The number of hydrogen-bond acceptors (Lipinski definition) is 3. The van der Waals surface area contributed by atoms with E-state index in [1.54, 1.807) is 13.8 Å². The van der Waals surface area contributed by atoms with E-state index in [-0.39, 0.29) is 12.8 Å². The van der Waals surface area contributed by atoms with Crippen LogP contribution in [0.2, 0.25) is 0 Å². The van der Waals surface area contributed by atoms with Gasteiger partial charge in [0.05, 0.1) is 0 Å². The Bertz CT molecular complexity index is 550. The Morgan fingerprint density at radius 1 is 0.963 bits per heavy atom. The molecule has 0 aliphatic carbocycles. The van der Waals surface area contributed by atoms with Crippen molar-refractivity contribution in [2.24, 2.45) is 17.6 Å². The zero-order valence-corrected chi connectivity index (χ0v) is 19.8. The Hall–Kier alpha value is 0.150. The predicted molar refractivity (Wildman–Crippen MR) is 111 cm³/mol. The summed E-state index contributed by atoms with van der Waals surface area (Å²) in [5, 5.41) is 2.56. The third-order valence-corrected chi connectivity index (χ3v) is 6.41. The van der Waals surface area contributed by atoms with E-state index in [0.29, 0.717) is 0 Å². The number of hydrogen-bond donors (Lipinski definition) is 2. The Balaban J connectivity index is 5.39. The van der Waals surface area contributed by atoms with Crippen molar-refractivity contribution in [1.29, 1.82) is 0 Å². The van der Waals surface area contributed by atoms with Crippen LogP contribution in [0.25, 0.3) is 0 Å². The van der Waals surface area contributed by atoms with Crippen molar-refractivity contribution in [2.75, 3.05) is 7.05 Å². The van der Waals surface area contributed by atoms with Crippen LogP contribution in [0.15, 0.2) is 0 Å². The van der Waals surface area contributed by atoms with Gasteiger partial charge in [-0.05, 0) is 13.3 Å². The first-order chi connectivity index (χ1) is 12.0. The number of nitrogens with one attached hydrogen (secondary N) is 1. The number of rotatable bonds is 8. The van der Waals surface area contributed by atoms with Crippen LogP contribution < -0.4 is 11.1 Å². The van der Waals surface area contributed by atoms with Gasteiger partial charge in [-0.25, -0.2) is 0 Å². The van der Waals surface area contributed by atoms with Crippen molar-refractivity contribution in [3.63, 3.8) is 0 Å². The number of carbonyl (C=O) groups is 3. The van der Waals surface area contributed by atoms with Gasteiger partial charge in [-0.2, -0.15) is 0 Å². The van der Waals surface area contributed by atoms with Gasteiger partial charge in [-0.15, -0.1) is 0 Å². The van der Waals surface area contributed by atoms with Crippen LogP contribution in [0.5, 0.6) is 0 Å². The zero-order valence-electron chi connectivity index (χ0n) is 15.2. The molecule has 0 rings (SSSR count). The summed E-state index contributed by atoms with van der Waals surface area (Å²) < 4.78 is -3.29. The zero-order chi connectivity index (χ0) is 21.7. The molecule has 4 unspecified atom stereocenters. The van der Waals surface area contributed by atoms with Gasteiger partial charge in [0.1, 0.15) is 12.1 Å². The molecule has 0 fully saturated rings. The standard InChI is InChI=1S/C15H23Cl6N3O3/c1-7(14(16,17)18)5-10(13(27)24(4)9(3)12(22)26)23-11(25)6-8(2)15(19,20)21/h7-10H,5-6H2,1-4H3,(H2,22,26)(H,23,25). The number of carbonyl (C=O) groups excluding carboxylic acids is 3. The Labute approximate surface area is 189 Å². The lowest BCUT2D eigenvalue weighted by molar-refractivity contribution is -0.140. The molecule has 0 aromatic carbocycles. The molecule has 0 spiro atoms. The largest absolute Gasteiger partial charge is 0.368 e. The Kier molecular flexibility index (Phi) is 10.9. The lowest BCUT2D eigenvalue weighted by Crippen LogP contribution is -2.53. The SMILES string of the molecule is CC(C(N)=O)N(C)C(=O)C(CC(C)C(Cl)(Cl)Cl)NC(=O)CC(C)C(Cl)(Cl)Cl. The van der Waals surface area contributed by atoms with Crippen molar-refractivity contribution in [3.8, 4) is 0 Å². The second-order valence-electron chi connectivity index (χ2n) is 6.47. The molecule has 27 heavy (non-hydrogen) atoms. The minimum atomic E-state index is -1.65. The minimum Gasteiger partial charge on any atom is -0.368 e. The number of nitrogens with zero attached hydrogens (tertiary/aromatic N) is 1. The second kappa shape index (κ2) is 10.8. The molecule has 0 aromatic rings. The number of amides is 3. The van der Waals surface area contributed by atoms with E-state index in [1.165, 1.54) is 14.0 Å². The predicted octanol–water partition coefficient (Wildman–Crippen LogP) is 3.60. The van der Waals surface area contributed by atoms with E-state index in [4.69, 9.17) is 75.3 Å². The summed E-state index contributed by atoms with van der Waals surface area (Å²) in [4.78, 5) is 37.6. The van der Waals surface area contributed by atoms with E-state index < -0.39 is 49.2 Å². The highest BCUT2D eigenvalue weighted by Gasteiger charge is 2.37. The van der Waals surface area contributed by atoms with Crippen molar-refractivity contribution in [3.05, 3.63) is 0 Å². The fourth-order valence-corrected chi connectivity index (χ4v) is 2.48. The lowest BCUT2D eigenvalue weighted by Gasteiger charge is -2.31. The Morgan fingerprint density at radius 2 is 1.41 bits per heavy atom. The molecule has 158 valence electrons. The van der Waals surface area contributed by atoms with E-state index in [2.05, 4.69) is 5.32 Å². The third-order valence-electron chi connectivity index (χ3n) is 4.17. The van der Waals surface area contributed by atoms with Gasteiger partial charge in [0, 0.05) is 25.3 Å². The fourth-order valence-electron chi connectivity index (χ4n) is 1.98. The number of likely N-dealkylation sites (N-methyl/N-ethyl adjacent to an activating group) is 1. The molecule has 3 N–H and O–H groups in total. The molecule has 3 amide bonds. The second-order valence-corrected chi connectivity index (χ2v) is 11.2. The van der Waals surface area contributed by atoms with E-state index in [9.17, 15) is 14.4 Å². The summed E-state index contributed by atoms with van der Waals surface area (Å²) >= 11 is 34.9. The summed E-state index contributed by atoms with van der Waals surface area (Å²) in [6.45, 7) is 4.65. The normalized spacial score (nSPS) is 16.8. The van der Waals surface area contributed by atoms with Gasteiger partial charge in [-0.1, -0.05) is 83.5 Å². The van der Waals surface area contributed by atoms with Crippen molar-refractivity contribution < 1.29 is 14.4 Å². The van der Waals surface area contributed by atoms with Crippen molar-refractivity contribution in [1.82, 2.24) is 10.2 Å². The molecular formula is C15H23Cl6N3O3. The topological polar surface area (TPSA) is 92.5 Å². The molecule has 0 saturated carbocycles. The number of nitrogens with two attached hydrogens (primary N) is 1. The highest BCUT2D eigenvalue weighted by Crippen LogP contribution is 2.38. The van der Waals surface area contributed by atoms with E-state index >= 15 is 0 Å². The molecule has 4 atom stereocenters. The van der Waals surface area contributed by atoms with Gasteiger partial charge in [0.25, 0.3) is 0 Å². The van der Waals surface area contributed by atoms with Crippen LogP contribution in [0, 0.1) is 11.8 Å². The fraction of sp³-hybridized carbons (Fsp3) is 0.800. The maximum absolute atomic E-state index is 12.8. The summed E-state index contributed by atoms with van der Waals surface area (Å²) in [5.41, 5.74) is 5.23. The summed E-state index contributed by atoms with van der Waals surface area (Å²) in [7, 11) is 1.39. The van der Waals surface area contributed by atoms with Crippen LogP contribution in [0.1, 0.15) is 33.6 Å². The summed E-state index contributed by atoms with van der Waals surface area (Å²) in [6, 6.07) is -1.95. The van der Waals surface area contributed by atoms with Crippen LogP contribution in [0.3, 0.4) is 0 Å².